The number of esters is 1. The third-order valence-electron chi connectivity index (χ3n) is 3.85. The van der Waals surface area contributed by atoms with Gasteiger partial charge in [0.15, 0.2) is 0 Å². The maximum absolute atomic E-state index is 12.3. The highest BCUT2D eigenvalue weighted by molar-refractivity contribution is 7.98. The minimum Gasteiger partial charge on any atom is -0.466 e. The fraction of sp³-hybridized carbons (Fsp3) is 0.625. The number of hydrogen-bond donors (Lipinski definition) is 0. The molecule has 1 aromatic heterocycles. The number of carbonyl (C=O) groups excluding carboxylic acids is 1. The van der Waals surface area contributed by atoms with Gasteiger partial charge in [-0.05, 0) is 50.0 Å². The third-order valence-corrected chi connectivity index (χ3v) is 4.51. The lowest BCUT2D eigenvalue weighted by Crippen LogP contribution is -2.23. The van der Waals surface area contributed by atoms with Crippen molar-refractivity contribution >= 4 is 17.7 Å². The van der Waals surface area contributed by atoms with Crippen LogP contribution >= 0.6 is 11.8 Å². The summed E-state index contributed by atoms with van der Waals surface area (Å²) in [6.07, 6.45) is 6.67. The second kappa shape index (κ2) is 8.39. The molecule has 1 atom stereocenters. The van der Waals surface area contributed by atoms with Crippen LogP contribution in [0.4, 0.5) is 0 Å². The molecule has 116 valence electrons. The predicted octanol–water partition coefficient (Wildman–Crippen LogP) is 3.27. The van der Waals surface area contributed by atoms with Gasteiger partial charge in [-0.2, -0.15) is 0 Å². The largest absolute Gasteiger partial charge is 0.466 e. The molecule has 0 spiro atoms. The lowest BCUT2D eigenvalue weighted by molar-refractivity contribution is -0.145. The van der Waals surface area contributed by atoms with Gasteiger partial charge in [0.25, 0.3) is 0 Å². The Morgan fingerprint density at radius 3 is 2.81 bits per heavy atom. The molecule has 1 saturated heterocycles. The monoisotopic (exact) mass is 309 g/mol. The van der Waals surface area contributed by atoms with Crippen LogP contribution in [-0.4, -0.2) is 37.0 Å². The van der Waals surface area contributed by atoms with Crippen LogP contribution in [0.2, 0.25) is 0 Å². The predicted molar refractivity (Wildman–Crippen MR) is 83.6 cm³/mol. The van der Waals surface area contributed by atoms with Crippen molar-refractivity contribution in [1.82, 2.24) is 4.98 Å². The fourth-order valence-electron chi connectivity index (χ4n) is 2.65. The highest BCUT2D eigenvalue weighted by atomic mass is 32.2. The van der Waals surface area contributed by atoms with Crippen LogP contribution in [0.25, 0.3) is 0 Å². The van der Waals surface area contributed by atoms with Gasteiger partial charge in [0.05, 0.1) is 17.6 Å². The van der Waals surface area contributed by atoms with E-state index in [0.717, 1.165) is 43.1 Å². The topological polar surface area (TPSA) is 48.4 Å². The normalized spacial score (nSPS) is 17.4. The lowest BCUT2D eigenvalue weighted by atomic mass is 9.85. The first-order valence-corrected chi connectivity index (χ1v) is 8.71. The number of thioether (sulfide) groups is 1. The first-order valence-electron chi connectivity index (χ1n) is 7.49. The van der Waals surface area contributed by atoms with Crippen LogP contribution < -0.4 is 0 Å². The Hall–Kier alpha value is -1.07. The van der Waals surface area contributed by atoms with E-state index in [0.29, 0.717) is 12.5 Å². The molecule has 0 radical (unpaired) electrons. The quantitative estimate of drug-likeness (QED) is 0.596. The number of ether oxygens (including phenoxy) is 2. The van der Waals surface area contributed by atoms with Crippen LogP contribution in [-0.2, 0) is 14.3 Å². The van der Waals surface area contributed by atoms with Crippen LogP contribution in [0, 0.1) is 5.92 Å². The molecule has 4 nitrogen and oxygen atoms in total. The van der Waals surface area contributed by atoms with Gasteiger partial charge in [-0.1, -0.05) is 6.07 Å². The summed E-state index contributed by atoms with van der Waals surface area (Å²) in [5.41, 5.74) is 0.956. The van der Waals surface area contributed by atoms with Crippen LogP contribution in [0.5, 0.6) is 0 Å². The van der Waals surface area contributed by atoms with Crippen molar-refractivity contribution < 1.29 is 14.3 Å². The Morgan fingerprint density at radius 2 is 2.24 bits per heavy atom. The van der Waals surface area contributed by atoms with E-state index in [1.807, 2.05) is 31.5 Å². The van der Waals surface area contributed by atoms with Gasteiger partial charge < -0.3 is 9.47 Å². The number of pyridine rings is 1. The zero-order valence-corrected chi connectivity index (χ0v) is 13.5. The molecule has 21 heavy (non-hydrogen) atoms. The summed E-state index contributed by atoms with van der Waals surface area (Å²) < 4.78 is 10.6. The third kappa shape index (κ3) is 4.71. The van der Waals surface area contributed by atoms with E-state index in [1.165, 1.54) is 0 Å². The molecule has 0 bridgehead atoms. The van der Waals surface area contributed by atoms with Crippen molar-refractivity contribution in [2.75, 3.05) is 26.1 Å². The van der Waals surface area contributed by atoms with E-state index in [2.05, 4.69) is 4.98 Å². The molecular formula is C16H23NO3S. The standard InChI is InChI=1S/C16H23NO3S/c1-3-20-16(18)14(10-12-6-8-19-9-7-12)13-4-5-15(21-2)17-11-13/h4-5,11-12,14H,3,6-10H2,1-2H3. The molecule has 2 heterocycles. The second-order valence-corrected chi connectivity index (χ2v) is 6.06. The first kappa shape index (κ1) is 16.3. The van der Waals surface area contributed by atoms with Gasteiger partial charge in [0, 0.05) is 19.4 Å². The maximum Gasteiger partial charge on any atom is 0.313 e. The Bertz CT molecular complexity index is 443. The summed E-state index contributed by atoms with van der Waals surface area (Å²) >= 11 is 1.60. The van der Waals surface area contributed by atoms with Crippen molar-refractivity contribution in [3.8, 4) is 0 Å². The van der Waals surface area contributed by atoms with E-state index < -0.39 is 0 Å². The molecule has 0 aliphatic carbocycles. The molecule has 0 amide bonds. The summed E-state index contributed by atoms with van der Waals surface area (Å²) in [6.45, 7) is 3.85. The fourth-order valence-corrected chi connectivity index (χ4v) is 3.01. The van der Waals surface area contributed by atoms with E-state index in [9.17, 15) is 4.79 Å². The highest BCUT2D eigenvalue weighted by Crippen LogP contribution is 2.30. The van der Waals surface area contributed by atoms with Gasteiger partial charge in [-0.25, -0.2) is 4.98 Å². The molecule has 1 aliphatic rings. The lowest BCUT2D eigenvalue weighted by Gasteiger charge is -2.25. The van der Waals surface area contributed by atoms with Gasteiger partial charge in [0.2, 0.25) is 0 Å². The minimum atomic E-state index is -0.212. The van der Waals surface area contributed by atoms with Gasteiger partial charge >= 0.3 is 5.97 Å². The summed E-state index contributed by atoms with van der Waals surface area (Å²) in [5, 5.41) is 0.965. The smallest absolute Gasteiger partial charge is 0.313 e. The van der Waals surface area contributed by atoms with Crippen molar-refractivity contribution in [3.05, 3.63) is 23.9 Å². The zero-order valence-electron chi connectivity index (χ0n) is 12.7. The van der Waals surface area contributed by atoms with Crippen molar-refractivity contribution in [2.24, 2.45) is 5.92 Å². The summed E-state index contributed by atoms with van der Waals surface area (Å²) in [7, 11) is 0. The maximum atomic E-state index is 12.3. The molecule has 0 N–H and O–H groups in total. The SMILES string of the molecule is CCOC(=O)C(CC1CCOCC1)c1ccc(SC)nc1. The van der Waals surface area contributed by atoms with Gasteiger partial charge in [-0.3, -0.25) is 4.79 Å². The van der Waals surface area contributed by atoms with Gasteiger partial charge in [-0.15, -0.1) is 11.8 Å². The molecular weight excluding hydrogens is 286 g/mol. The molecule has 1 unspecified atom stereocenters. The summed E-state index contributed by atoms with van der Waals surface area (Å²) in [4.78, 5) is 16.7. The molecule has 2 rings (SSSR count). The van der Waals surface area contributed by atoms with E-state index in [1.54, 1.807) is 11.8 Å². The number of aromatic nitrogens is 1. The Kier molecular flexibility index (Phi) is 6.51. The first-order chi connectivity index (χ1) is 10.2. The average molecular weight is 309 g/mol. The van der Waals surface area contributed by atoms with Crippen LogP contribution in [0.3, 0.4) is 0 Å². The number of nitrogens with zero attached hydrogens (tertiary/aromatic N) is 1. The minimum absolute atomic E-state index is 0.136. The van der Waals surface area contributed by atoms with Crippen molar-refractivity contribution in [1.29, 1.82) is 0 Å². The molecule has 0 aromatic carbocycles. The molecule has 1 aliphatic heterocycles. The molecule has 5 heteroatoms. The molecule has 1 fully saturated rings. The van der Waals surface area contributed by atoms with Crippen molar-refractivity contribution in [3.63, 3.8) is 0 Å². The average Bonchev–Trinajstić information content (AvgIpc) is 2.54. The summed E-state index contributed by atoms with van der Waals surface area (Å²) in [5.74, 6) is 0.174. The Labute approximate surface area is 130 Å². The highest BCUT2D eigenvalue weighted by Gasteiger charge is 2.27. The molecule has 1 aromatic rings. The van der Waals surface area contributed by atoms with Crippen LogP contribution in [0.1, 0.15) is 37.7 Å². The Morgan fingerprint density at radius 1 is 1.48 bits per heavy atom. The van der Waals surface area contributed by atoms with E-state index in [4.69, 9.17) is 9.47 Å². The van der Waals surface area contributed by atoms with E-state index >= 15 is 0 Å². The number of rotatable bonds is 6. The Balaban J connectivity index is 2.11. The number of carbonyl (C=O) groups is 1. The number of hydrogen-bond acceptors (Lipinski definition) is 5. The second-order valence-electron chi connectivity index (χ2n) is 5.23. The van der Waals surface area contributed by atoms with Crippen molar-refractivity contribution in [2.45, 2.75) is 37.1 Å². The zero-order chi connectivity index (χ0) is 15.1. The molecule has 0 saturated carbocycles. The van der Waals surface area contributed by atoms with E-state index in [-0.39, 0.29) is 11.9 Å². The van der Waals surface area contributed by atoms with Gasteiger partial charge in [0.1, 0.15) is 0 Å². The van der Waals surface area contributed by atoms with Crippen LogP contribution in [0.15, 0.2) is 23.4 Å². The summed E-state index contributed by atoms with van der Waals surface area (Å²) in [6, 6.07) is 3.97.